The number of pyridine rings is 1. The number of nitrogens with one attached hydrogen (secondary N) is 1. The second kappa shape index (κ2) is 7.69. The van der Waals surface area contributed by atoms with Crippen LogP contribution in [0.25, 0.3) is 0 Å². The number of aryl methyl sites for hydroxylation is 1. The van der Waals surface area contributed by atoms with Crippen LogP contribution in [0.4, 0.5) is 0 Å². The summed E-state index contributed by atoms with van der Waals surface area (Å²) in [5.41, 5.74) is 2.07. The van der Waals surface area contributed by atoms with Crippen LogP contribution in [0.2, 0.25) is 0 Å². The monoisotopic (exact) mass is 302 g/mol. The molecule has 0 aromatic carbocycles. The third kappa shape index (κ3) is 5.11. The molecule has 1 amide bonds. The number of hydrogen-bond donors (Lipinski definition) is 1. The Balaban J connectivity index is 1.66. The molecule has 110 valence electrons. The van der Waals surface area contributed by atoms with E-state index in [2.05, 4.69) is 10.3 Å². The van der Waals surface area contributed by atoms with E-state index in [-0.39, 0.29) is 24.5 Å². The highest BCUT2D eigenvalue weighted by Crippen LogP contribution is 2.12. The molecule has 0 bridgehead atoms. The van der Waals surface area contributed by atoms with E-state index in [9.17, 15) is 9.59 Å². The maximum Gasteiger partial charge on any atom is 0.220 e. The van der Waals surface area contributed by atoms with E-state index in [4.69, 9.17) is 0 Å². The van der Waals surface area contributed by atoms with Gasteiger partial charge in [0.15, 0.2) is 5.78 Å². The summed E-state index contributed by atoms with van der Waals surface area (Å²) in [6.45, 7) is 2.51. The molecule has 21 heavy (non-hydrogen) atoms. The van der Waals surface area contributed by atoms with Crippen molar-refractivity contribution >= 4 is 23.0 Å². The highest BCUT2D eigenvalue weighted by Gasteiger charge is 2.09. The molecule has 0 saturated carbocycles. The van der Waals surface area contributed by atoms with E-state index in [0.717, 1.165) is 17.7 Å². The summed E-state index contributed by atoms with van der Waals surface area (Å²) in [6, 6.07) is 7.59. The van der Waals surface area contributed by atoms with Gasteiger partial charge in [-0.15, -0.1) is 11.3 Å². The molecule has 0 aliphatic rings. The summed E-state index contributed by atoms with van der Waals surface area (Å²) in [4.78, 5) is 28.4. The van der Waals surface area contributed by atoms with Crippen LogP contribution in [-0.2, 0) is 11.2 Å². The lowest BCUT2D eigenvalue weighted by molar-refractivity contribution is -0.121. The van der Waals surface area contributed by atoms with E-state index in [1.165, 1.54) is 11.3 Å². The molecule has 0 aliphatic heterocycles. The minimum Gasteiger partial charge on any atom is -0.356 e. The van der Waals surface area contributed by atoms with Gasteiger partial charge in [-0.05, 0) is 36.4 Å². The zero-order valence-corrected chi connectivity index (χ0v) is 12.8. The van der Waals surface area contributed by atoms with Crippen molar-refractivity contribution in [1.29, 1.82) is 0 Å². The highest BCUT2D eigenvalue weighted by atomic mass is 32.1. The van der Waals surface area contributed by atoms with Crippen molar-refractivity contribution in [3.8, 4) is 0 Å². The van der Waals surface area contributed by atoms with Gasteiger partial charge in [-0.3, -0.25) is 14.6 Å². The first-order valence-corrected chi connectivity index (χ1v) is 7.78. The summed E-state index contributed by atoms with van der Waals surface area (Å²) < 4.78 is 0. The number of thiophene rings is 1. The molecule has 4 nitrogen and oxygen atoms in total. The highest BCUT2D eigenvalue weighted by molar-refractivity contribution is 7.12. The molecule has 0 spiro atoms. The van der Waals surface area contributed by atoms with Crippen LogP contribution >= 0.6 is 11.3 Å². The van der Waals surface area contributed by atoms with Gasteiger partial charge in [-0.2, -0.15) is 0 Å². The first-order valence-electron chi connectivity index (χ1n) is 6.90. The second-order valence-corrected chi connectivity index (χ2v) is 5.76. The lowest BCUT2D eigenvalue weighted by Gasteiger charge is -2.05. The van der Waals surface area contributed by atoms with Gasteiger partial charge in [0.25, 0.3) is 0 Å². The van der Waals surface area contributed by atoms with Crippen LogP contribution in [0.1, 0.15) is 33.8 Å². The zero-order valence-electron chi connectivity index (χ0n) is 12.0. The number of aromatic nitrogens is 1. The molecule has 0 saturated heterocycles. The Morgan fingerprint density at radius 3 is 2.76 bits per heavy atom. The van der Waals surface area contributed by atoms with Crippen LogP contribution < -0.4 is 5.32 Å². The number of carbonyl (C=O) groups is 2. The van der Waals surface area contributed by atoms with Crippen molar-refractivity contribution in [2.75, 3.05) is 6.54 Å². The van der Waals surface area contributed by atoms with Gasteiger partial charge in [0.05, 0.1) is 4.88 Å². The Bertz CT molecular complexity index is 591. The average molecular weight is 302 g/mol. The van der Waals surface area contributed by atoms with E-state index in [0.29, 0.717) is 11.4 Å². The molecule has 1 N–H and O–H groups in total. The van der Waals surface area contributed by atoms with E-state index < -0.39 is 0 Å². The third-order valence-corrected chi connectivity index (χ3v) is 3.99. The Labute approximate surface area is 128 Å². The molecule has 2 aromatic heterocycles. The first kappa shape index (κ1) is 15.4. The molecule has 0 atom stereocenters. The molecule has 0 radical (unpaired) electrons. The number of rotatable bonds is 7. The molecule has 2 rings (SSSR count). The number of nitrogens with zero attached hydrogens (tertiary/aromatic N) is 1. The summed E-state index contributed by atoms with van der Waals surface area (Å²) >= 11 is 1.41. The van der Waals surface area contributed by atoms with Crippen molar-refractivity contribution in [2.45, 2.75) is 26.2 Å². The number of hydrogen-bond acceptors (Lipinski definition) is 4. The molecule has 0 unspecified atom stereocenters. The van der Waals surface area contributed by atoms with Crippen LogP contribution in [-0.4, -0.2) is 23.2 Å². The largest absolute Gasteiger partial charge is 0.356 e. The molecular formula is C16H18N2O2S. The van der Waals surface area contributed by atoms with E-state index in [1.807, 2.05) is 36.7 Å². The van der Waals surface area contributed by atoms with Crippen LogP contribution in [0.5, 0.6) is 0 Å². The molecule has 0 aliphatic carbocycles. The minimum absolute atomic E-state index is 0.0304. The van der Waals surface area contributed by atoms with Crippen LogP contribution in [0.3, 0.4) is 0 Å². The van der Waals surface area contributed by atoms with Gasteiger partial charge >= 0.3 is 0 Å². The van der Waals surface area contributed by atoms with Gasteiger partial charge in [-0.25, -0.2) is 0 Å². The number of amides is 1. The topological polar surface area (TPSA) is 59.1 Å². The fraction of sp³-hybridized carbons (Fsp3) is 0.312. The number of ketones is 1. The fourth-order valence-corrected chi connectivity index (χ4v) is 2.56. The second-order valence-electron chi connectivity index (χ2n) is 4.81. The fourth-order valence-electron chi connectivity index (χ4n) is 1.87. The van der Waals surface area contributed by atoms with Crippen molar-refractivity contribution < 1.29 is 9.59 Å². The molecule has 5 heteroatoms. The smallest absolute Gasteiger partial charge is 0.220 e. The summed E-state index contributed by atoms with van der Waals surface area (Å²) in [6.07, 6.45) is 3.07. The molecule has 2 aromatic rings. The Morgan fingerprint density at radius 1 is 1.24 bits per heavy atom. The Kier molecular flexibility index (Phi) is 5.63. The van der Waals surface area contributed by atoms with Crippen molar-refractivity contribution in [2.24, 2.45) is 0 Å². The summed E-state index contributed by atoms with van der Waals surface area (Å²) in [5.74, 6) is -0.0529. The lowest BCUT2D eigenvalue weighted by atomic mass is 10.1. The summed E-state index contributed by atoms with van der Waals surface area (Å²) in [7, 11) is 0. The maximum atomic E-state index is 11.8. The Morgan fingerprint density at radius 2 is 2.10 bits per heavy atom. The number of Topliss-reactive ketones (excluding diaryl/α,β-unsaturated/α-hetero) is 1. The van der Waals surface area contributed by atoms with Gasteiger partial charge in [0, 0.05) is 31.3 Å². The molecule has 0 fully saturated rings. The van der Waals surface area contributed by atoms with E-state index >= 15 is 0 Å². The first-order chi connectivity index (χ1) is 10.1. The predicted octanol–water partition coefficient (Wildman–Crippen LogP) is 2.77. The van der Waals surface area contributed by atoms with Gasteiger partial charge in [-0.1, -0.05) is 12.1 Å². The lowest BCUT2D eigenvalue weighted by Crippen LogP contribution is -2.26. The Hall–Kier alpha value is -2.01. The quantitative estimate of drug-likeness (QED) is 0.800. The van der Waals surface area contributed by atoms with Crippen molar-refractivity contribution in [3.63, 3.8) is 0 Å². The maximum absolute atomic E-state index is 11.8. The van der Waals surface area contributed by atoms with E-state index in [1.54, 1.807) is 6.07 Å². The normalized spacial score (nSPS) is 10.3. The van der Waals surface area contributed by atoms with Gasteiger partial charge in [0.2, 0.25) is 5.91 Å². The average Bonchev–Trinajstić information content (AvgIpc) is 3.01. The third-order valence-electron chi connectivity index (χ3n) is 3.08. The molecule has 2 heterocycles. The predicted molar refractivity (Wildman–Crippen MR) is 83.6 cm³/mol. The van der Waals surface area contributed by atoms with Crippen molar-refractivity contribution in [3.05, 3.63) is 52.0 Å². The van der Waals surface area contributed by atoms with Gasteiger partial charge < -0.3 is 5.32 Å². The van der Waals surface area contributed by atoms with Gasteiger partial charge in [0.1, 0.15) is 0 Å². The minimum atomic E-state index is -0.0834. The standard InChI is InChI=1S/C16H18N2O2S/c1-12-4-5-13(11-18-12)8-9-17-16(20)7-6-14(19)15-3-2-10-21-15/h2-5,10-11H,6-9H2,1H3,(H,17,20). The van der Waals surface area contributed by atoms with Crippen LogP contribution in [0.15, 0.2) is 35.8 Å². The molecular weight excluding hydrogens is 284 g/mol. The number of carbonyl (C=O) groups excluding carboxylic acids is 2. The summed E-state index contributed by atoms with van der Waals surface area (Å²) in [5, 5.41) is 4.69. The van der Waals surface area contributed by atoms with Crippen molar-refractivity contribution in [1.82, 2.24) is 10.3 Å². The van der Waals surface area contributed by atoms with Crippen LogP contribution in [0, 0.1) is 6.92 Å². The zero-order chi connectivity index (χ0) is 15.1. The SMILES string of the molecule is Cc1ccc(CCNC(=O)CCC(=O)c2cccs2)cn1.